The maximum Gasteiger partial charge on any atom is 0.229 e. The molecule has 0 N–H and O–H groups in total. The zero-order valence-electron chi connectivity index (χ0n) is 11.1. The minimum absolute atomic E-state index is 0.675. The van der Waals surface area contributed by atoms with E-state index < -0.39 is 0 Å². The Balaban J connectivity index is 1.87. The highest BCUT2D eigenvalue weighted by Crippen LogP contribution is 2.21. The summed E-state index contributed by atoms with van der Waals surface area (Å²) in [6.07, 6.45) is 7.19. The summed E-state index contributed by atoms with van der Waals surface area (Å²) >= 11 is 0. The average Bonchev–Trinajstić information content (AvgIpc) is 2.56. The van der Waals surface area contributed by atoms with Gasteiger partial charge in [0.2, 0.25) is 5.95 Å². The maximum absolute atomic E-state index is 4.43. The molecule has 0 aliphatic rings. The number of hydrogen-bond acceptors (Lipinski definition) is 4. The van der Waals surface area contributed by atoms with E-state index in [1.54, 1.807) is 12.4 Å². The molecule has 0 spiro atoms. The van der Waals surface area contributed by atoms with Gasteiger partial charge in [0.25, 0.3) is 0 Å². The van der Waals surface area contributed by atoms with Crippen LogP contribution in [-0.2, 0) is 0 Å². The molecule has 0 unspecified atom stereocenters. The second kappa shape index (κ2) is 5.48. The molecule has 3 rings (SSSR count). The Hall–Kier alpha value is -2.75. The van der Waals surface area contributed by atoms with Crippen molar-refractivity contribution in [2.45, 2.75) is 0 Å². The van der Waals surface area contributed by atoms with E-state index in [2.05, 4.69) is 15.0 Å². The minimum Gasteiger partial charge on any atom is -0.314 e. The summed E-state index contributed by atoms with van der Waals surface area (Å²) < 4.78 is 0. The molecule has 0 radical (unpaired) electrons. The molecule has 3 aromatic rings. The molecule has 0 saturated heterocycles. The number of rotatable bonds is 3. The lowest BCUT2D eigenvalue weighted by atomic mass is 10.1. The van der Waals surface area contributed by atoms with Crippen molar-refractivity contribution < 1.29 is 0 Å². The van der Waals surface area contributed by atoms with Crippen LogP contribution in [0.5, 0.6) is 0 Å². The van der Waals surface area contributed by atoms with E-state index >= 15 is 0 Å². The van der Waals surface area contributed by atoms with Crippen LogP contribution in [0, 0.1) is 0 Å². The molecule has 0 fully saturated rings. The van der Waals surface area contributed by atoms with E-state index in [-0.39, 0.29) is 0 Å². The van der Waals surface area contributed by atoms with Gasteiger partial charge in [0.1, 0.15) is 0 Å². The molecule has 0 amide bonds. The van der Waals surface area contributed by atoms with Crippen LogP contribution >= 0.6 is 0 Å². The minimum atomic E-state index is 0.675. The molecular weight excluding hydrogens is 248 g/mol. The number of benzene rings is 1. The fourth-order valence-electron chi connectivity index (χ4n) is 1.95. The first-order valence-electron chi connectivity index (χ1n) is 6.36. The van der Waals surface area contributed by atoms with Crippen molar-refractivity contribution in [1.82, 2.24) is 15.0 Å². The van der Waals surface area contributed by atoms with Gasteiger partial charge in [-0.25, -0.2) is 9.97 Å². The van der Waals surface area contributed by atoms with Crippen molar-refractivity contribution in [3.05, 3.63) is 67.3 Å². The summed E-state index contributed by atoms with van der Waals surface area (Å²) in [4.78, 5) is 14.8. The van der Waals surface area contributed by atoms with E-state index in [0.717, 1.165) is 16.8 Å². The van der Waals surface area contributed by atoms with Gasteiger partial charge in [-0.05, 0) is 29.8 Å². The van der Waals surface area contributed by atoms with Gasteiger partial charge in [-0.3, -0.25) is 4.98 Å². The molecule has 0 aliphatic heterocycles. The zero-order valence-corrected chi connectivity index (χ0v) is 11.1. The smallest absolute Gasteiger partial charge is 0.229 e. The number of nitrogens with zero attached hydrogens (tertiary/aromatic N) is 4. The molecule has 4 nitrogen and oxygen atoms in total. The Morgan fingerprint density at radius 2 is 1.45 bits per heavy atom. The second-order valence-corrected chi connectivity index (χ2v) is 4.40. The Morgan fingerprint density at radius 3 is 2.10 bits per heavy atom. The quantitative estimate of drug-likeness (QED) is 0.726. The summed E-state index contributed by atoms with van der Waals surface area (Å²) in [7, 11) is 1.96. The van der Waals surface area contributed by atoms with Gasteiger partial charge in [-0.15, -0.1) is 0 Å². The van der Waals surface area contributed by atoms with Crippen LogP contribution in [0.2, 0.25) is 0 Å². The molecule has 4 heteroatoms. The number of anilines is 2. The maximum atomic E-state index is 4.43. The van der Waals surface area contributed by atoms with E-state index in [4.69, 9.17) is 0 Å². The van der Waals surface area contributed by atoms with Gasteiger partial charge >= 0.3 is 0 Å². The molecule has 1 aromatic carbocycles. The van der Waals surface area contributed by atoms with Gasteiger partial charge < -0.3 is 4.90 Å². The van der Waals surface area contributed by atoms with Crippen LogP contribution in [0.4, 0.5) is 11.6 Å². The molecule has 0 aliphatic carbocycles. The topological polar surface area (TPSA) is 41.9 Å². The van der Waals surface area contributed by atoms with Crippen LogP contribution in [0.25, 0.3) is 11.1 Å². The van der Waals surface area contributed by atoms with Crippen molar-refractivity contribution in [1.29, 1.82) is 0 Å². The lowest BCUT2D eigenvalue weighted by Crippen LogP contribution is -2.12. The SMILES string of the molecule is CN(c1ccccc1)c1ncc(-c2ccncc2)cn1. The van der Waals surface area contributed by atoms with Gasteiger partial charge in [-0.2, -0.15) is 0 Å². The average molecular weight is 262 g/mol. The summed E-state index contributed by atoms with van der Waals surface area (Å²) in [6.45, 7) is 0. The van der Waals surface area contributed by atoms with Gasteiger partial charge in [0, 0.05) is 43.1 Å². The summed E-state index contributed by atoms with van der Waals surface area (Å²) in [5.74, 6) is 0.675. The number of para-hydroxylation sites is 1. The first-order chi connectivity index (χ1) is 9.84. The van der Waals surface area contributed by atoms with Gasteiger partial charge in [-0.1, -0.05) is 18.2 Å². The van der Waals surface area contributed by atoms with E-state index in [1.165, 1.54) is 0 Å². The Morgan fingerprint density at radius 1 is 0.800 bits per heavy atom. The predicted octanol–water partition coefficient (Wildman–Crippen LogP) is 3.31. The van der Waals surface area contributed by atoms with Crippen molar-refractivity contribution in [3.8, 4) is 11.1 Å². The second-order valence-electron chi connectivity index (χ2n) is 4.40. The highest BCUT2D eigenvalue weighted by molar-refractivity contribution is 5.62. The van der Waals surface area contributed by atoms with Gasteiger partial charge in [0.15, 0.2) is 0 Å². The number of aromatic nitrogens is 3. The standard InChI is InChI=1S/C16H14N4/c1-20(15-5-3-2-4-6-15)16-18-11-14(12-19-16)13-7-9-17-10-8-13/h2-12H,1H3. The highest BCUT2D eigenvalue weighted by atomic mass is 15.2. The summed E-state index contributed by atoms with van der Waals surface area (Å²) in [5, 5.41) is 0. The molecule has 2 heterocycles. The fraction of sp³-hybridized carbons (Fsp3) is 0.0625. The molecule has 0 saturated carbocycles. The third-order valence-electron chi connectivity index (χ3n) is 3.10. The van der Waals surface area contributed by atoms with Crippen LogP contribution in [0.15, 0.2) is 67.3 Å². The summed E-state index contributed by atoms with van der Waals surface area (Å²) in [5.41, 5.74) is 3.11. The van der Waals surface area contributed by atoms with Crippen LogP contribution < -0.4 is 4.90 Å². The van der Waals surface area contributed by atoms with E-state index in [0.29, 0.717) is 5.95 Å². The van der Waals surface area contributed by atoms with Crippen molar-refractivity contribution in [2.75, 3.05) is 11.9 Å². The molecule has 0 atom stereocenters. The van der Waals surface area contributed by atoms with E-state index in [9.17, 15) is 0 Å². The van der Waals surface area contributed by atoms with Crippen LogP contribution in [0.1, 0.15) is 0 Å². The third kappa shape index (κ3) is 2.49. The van der Waals surface area contributed by atoms with Crippen molar-refractivity contribution >= 4 is 11.6 Å². The van der Waals surface area contributed by atoms with Crippen molar-refractivity contribution in [3.63, 3.8) is 0 Å². The molecule has 2 aromatic heterocycles. The Bertz CT molecular complexity index is 666. The number of pyridine rings is 1. The largest absolute Gasteiger partial charge is 0.314 e. The monoisotopic (exact) mass is 262 g/mol. The van der Waals surface area contributed by atoms with E-state index in [1.807, 2.05) is 66.8 Å². The fourth-order valence-corrected chi connectivity index (χ4v) is 1.95. The zero-order chi connectivity index (χ0) is 13.8. The normalized spacial score (nSPS) is 10.2. The number of hydrogen-bond donors (Lipinski definition) is 0. The molecule has 98 valence electrons. The van der Waals surface area contributed by atoms with Crippen LogP contribution in [0.3, 0.4) is 0 Å². The Kier molecular flexibility index (Phi) is 3.37. The lowest BCUT2D eigenvalue weighted by Gasteiger charge is -2.16. The van der Waals surface area contributed by atoms with Crippen molar-refractivity contribution in [2.24, 2.45) is 0 Å². The molecular formula is C16H14N4. The summed E-state index contributed by atoms with van der Waals surface area (Å²) in [6, 6.07) is 13.9. The highest BCUT2D eigenvalue weighted by Gasteiger charge is 2.06. The molecule has 0 bridgehead atoms. The third-order valence-corrected chi connectivity index (χ3v) is 3.10. The lowest BCUT2D eigenvalue weighted by molar-refractivity contribution is 1.04. The Labute approximate surface area is 117 Å². The predicted molar refractivity (Wildman–Crippen MR) is 79.8 cm³/mol. The first-order valence-corrected chi connectivity index (χ1v) is 6.36. The van der Waals surface area contributed by atoms with Gasteiger partial charge in [0.05, 0.1) is 0 Å². The first kappa shape index (κ1) is 12.3. The van der Waals surface area contributed by atoms with Crippen LogP contribution in [-0.4, -0.2) is 22.0 Å². The molecule has 20 heavy (non-hydrogen) atoms.